The zero-order chi connectivity index (χ0) is 17.0. The van der Waals surface area contributed by atoms with Gasteiger partial charge in [0.1, 0.15) is 5.78 Å². The first-order valence-electron chi connectivity index (χ1n) is 8.10. The third-order valence-corrected chi connectivity index (χ3v) is 6.67. The number of Topliss-reactive ketones (excluding diaryl/α,β-unsaturated/α-hetero) is 2. The molecule has 0 aromatic heterocycles. The first-order valence-corrected chi connectivity index (χ1v) is 8.10. The lowest BCUT2D eigenvalue weighted by Crippen LogP contribution is -2.43. The van der Waals surface area contributed by atoms with Gasteiger partial charge in [0.15, 0.2) is 5.78 Å². The molecule has 2 aliphatic carbocycles. The molecule has 1 aromatic carbocycles. The molecule has 122 valence electrons. The molecule has 3 rings (SSSR count). The highest BCUT2D eigenvalue weighted by Crippen LogP contribution is 2.70. The fourth-order valence-corrected chi connectivity index (χ4v) is 4.43. The number of carbonyl (C=O) groups is 3. The van der Waals surface area contributed by atoms with E-state index in [0.717, 1.165) is 12.8 Å². The minimum absolute atomic E-state index is 0.0379. The number of hydrogen-bond acceptors (Lipinski definition) is 3. The summed E-state index contributed by atoms with van der Waals surface area (Å²) < 4.78 is 0. The molecule has 2 bridgehead atoms. The minimum atomic E-state index is -0.648. The molecule has 0 saturated heterocycles. The fourth-order valence-electron chi connectivity index (χ4n) is 4.43. The molecule has 0 heterocycles. The summed E-state index contributed by atoms with van der Waals surface area (Å²) in [7, 11) is 0. The van der Waals surface area contributed by atoms with E-state index >= 15 is 0 Å². The van der Waals surface area contributed by atoms with Gasteiger partial charge in [-0.1, -0.05) is 32.9 Å². The molecule has 4 heteroatoms. The van der Waals surface area contributed by atoms with Gasteiger partial charge in [-0.05, 0) is 37.3 Å². The van der Waals surface area contributed by atoms with Crippen LogP contribution in [0.25, 0.3) is 0 Å². The monoisotopic (exact) mass is 313 g/mol. The maximum atomic E-state index is 13.0. The third kappa shape index (κ3) is 1.93. The van der Waals surface area contributed by atoms with Crippen LogP contribution < -0.4 is 5.32 Å². The molecule has 2 atom stereocenters. The molecule has 2 saturated carbocycles. The molecule has 1 amide bonds. The smallest absolute Gasteiger partial charge is 0.231 e. The van der Waals surface area contributed by atoms with Crippen LogP contribution in [-0.2, 0) is 9.59 Å². The van der Waals surface area contributed by atoms with Crippen molar-refractivity contribution in [2.75, 3.05) is 5.32 Å². The Labute approximate surface area is 136 Å². The molecular formula is C19H23NO3. The van der Waals surface area contributed by atoms with Crippen LogP contribution >= 0.6 is 0 Å². The van der Waals surface area contributed by atoms with Gasteiger partial charge < -0.3 is 5.32 Å². The second-order valence-corrected chi connectivity index (χ2v) is 7.73. The number of hydrogen-bond donors (Lipinski definition) is 1. The van der Waals surface area contributed by atoms with Crippen molar-refractivity contribution in [2.24, 2.45) is 16.2 Å². The van der Waals surface area contributed by atoms with E-state index in [4.69, 9.17) is 0 Å². The number of anilines is 1. The summed E-state index contributed by atoms with van der Waals surface area (Å²) in [4.78, 5) is 37.0. The number of nitrogens with one attached hydrogen (secondary N) is 1. The fraction of sp³-hybridized carbons (Fsp3) is 0.526. The normalized spacial score (nSPS) is 31.2. The quantitative estimate of drug-likeness (QED) is 0.867. The van der Waals surface area contributed by atoms with Crippen LogP contribution in [0, 0.1) is 16.2 Å². The first-order chi connectivity index (χ1) is 10.6. The Morgan fingerprint density at radius 2 is 1.83 bits per heavy atom. The highest BCUT2D eigenvalue weighted by Gasteiger charge is 2.72. The topological polar surface area (TPSA) is 63.2 Å². The first kappa shape index (κ1) is 15.9. The maximum Gasteiger partial charge on any atom is 0.231 e. The molecule has 4 nitrogen and oxygen atoms in total. The summed E-state index contributed by atoms with van der Waals surface area (Å²) >= 11 is 0. The molecular weight excluding hydrogens is 290 g/mol. The minimum Gasteiger partial charge on any atom is -0.326 e. The third-order valence-electron chi connectivity index (χ3n) is 6.67. The largest absolute Gasteiger partial charge is 0.326 e. The Hall–Kier alpha value is -1.97. The van der Waals surface area contributed by atoms with E-state index in [-0.39, 0.29) is 22.9 Å². The van der Waals surface area contributed by atoms with Crippen LogP contribution in [0.2, 0.25) is 0 Å². The van der Waals surface area contributed by atoms with Gasteiger partial charge in [0.25, 0.3) is 0 Å². The predicted molar refractivity (Wildman–Crippen MR) is 88.3 cm³/mol. The van der Waals surface area contributed by atoms with E-state index in [0.29, 0.717) is 17.7 Å². The number of rotatable bonds is 3. The molecule has 0 radical (unpaired) electrons. The molecule has 1 aromatic rings. The SMILES string of the molecule is CC(=O)c1cccc(NC(=O)C23CCC(C)(C(=O)C2)C3(C)C)c1. The van der Waals surface area contributed by atoms with Gasteiger partial charge in [-0.3, -0.25) is 14.4 Å². The average Bonchev–Trinajstić information content (AvgIpc) is 2.78. The van der Waals surface area contributed by atoms with E-state index in [1.54, 1.807) is 24.3 Å². The van der Waals surface area contributed by atoms with Crippen molar-refractivity contribution >= 4 is 23.2 Å². The summed E-state index contributed by atoms with van der Waals surface area (Å²) in [6.07, 6.45) is 1.81. The second kappa shape index (κ2) is 4.76. The lowest BCUT2D eigenvalue weighted by Gasteiger charge is -2.38. The number of ketones is 2. The van der Waals surface area contributed by atoms with Crippen LogP contribution in [0.5, 0.6) is 0 Å². The van der Waals surface area contributed by atoms with Gasteiger partial charge in [0, 0.05) is 23.1 Å². The average molecular weight is 313 g/mol. The summed E-state index contributed by atoms with van der Waals surface area (Å²) in [5, 5.41) is 2.95. The number of carbonyl (C=O) groups excluding carboxylic acids is 3. The lowest BCUT2D eigenvalue weighted by molar-refractivity contribution is -0.131. The Morgan fingerprint density at radius 1 is 1.13 bits per heavy atom. The van der Waals surface area contributed by atoms with Gasteiger partial charge in [0.2, 0.25) is 5.91 Å². The molecule has 2 aliphatic rings. The van der Waals surface area contributed by atoms with Crippen LogP contribution in [0.4, 0.5) is 5.69 Å². The number of fused-ring (bicyclic) bond motifs is 2. The zero-order valence-corrected chi connectivity index (χ0v) is 14.2. The zero-order valence-electron chi connectivity index (χ0n) is 14.2. The molecule has 23 heavy (non-hydrogen) atoms. The maximum absolute atomic E-state index is 13.0. The second-order valence-electron chi connectivity index (χ2n) is 7.73. The Kier molecular flexibility index (Phi) is 3.29. The Balaban J connectivity index is 1.91. The van der Waals surface area contributed by atoms with Crippen LogP contribution in [0.1, 0.15) is 57.3 Å². The molecule has 2 fully saturated rings. The van der Waals surface area contributed by atoms with Gasteiger partial charge in [-0.25, -0.2) is 0 Å². The summed E-state index contributed by atoms with van der Waals surface area (Å²) in [5.74, 6) is 0.0586. The highest BCUT2D eigenvalue weighted by atomic mass is 16.2. The van der Waals surface area contributed by atoms with E-state index in [2.05, 4.69) is 5.32 Å². The molecule has 2 unspecified atom stereocenters. The Morgan fingerprint density at radius 3 is 2.35 bits per heavy atom. The van der Waals surface area contributed by atoms with Crippen molar-refractivity contribution in [2.45, 2.75) is 47.0 Å². The lowest BCUT2D eigenvalue weighted by atomic mass is 9.64. The van der Waals surface area contributed by atoms with Crippen LogP contribution in [-0.4, -0.2) is 17.5 Å². The van der Waals surface area contributed by atoms with E-state index in [1.807, 2.05) is 20.8 Å². The van der Waals surface area contributed by atoms with Crippen molar-refractivity contribution in [3.8, 4) is 0 Å². The van der Waals surface area contributed by atoms with Gasteiger partial charge in [-0.2, -0.15) is 0 Å². The highest BCUT2D eigenvalue weighted by molar-refractivity contribution is 6.05. The van der Waals surface area contributed by atoms with Crippen molar-refractivity contribution < 1.29 is 14.4 Å². The number of amides is 1. The van der Waals surface area contributed by atoms with Crippen molar-refractivity contribution in [3.05, 3.63) is 29.8 Å². The summed E-state index contributed by atoms with van der Waals surface area (Å²) in [6, 6.07) is 6.95. The number of benzene rings is 1. The van der Waals surface area contributed by atoms with Crippen LogP contribution in [0.15, 0.2) is 24.3 Å². The summed E-state index contributed by atoms with van der Waals surface area (Å²) in [6.45, 7) is 7.57. The van der Waals surface area contributed by atoms with Gasteiger partial charge >= 0.3 is 0 Å². The van der Waals surface area contributed by atoms with Gasteiger partial charge in [-0.15, -0.1) is 0 Å². The molecule has 0 aliphatic heterocycles. The van der Waals surface area contributed by atoms with Crippen molar-refractivity contribution in [1.82, 2.24) is 0 Å². The van der Waals surface area contributed by atoms with E-state index in [9.17, 15) is 14.4 Å². The van der Waals surface area contributed by atoms with Crippen molar-refractivity contribution in [1.29, 1.82) is 0 Å². The summed E-state index contributed by atoms with van der Waals surface area (Å²) in [5.41, 5.74) is -0.241. The molecule has 1 N–H and O–H groups in total. The predicted octanol–water partition coefficient (Wildman–Crippen LogP) is 3.61. The molecule has 0 spiro atoms. The van der Waals surface area contributed by atoms with Crippen LogP contribution in [0.3, 0.4) is 0 Å². The van der Waals surface area contributed by atoms with Crippen molar-refractivity contribution in [3.63, 3.8) is 0 Å². The van der Waals surface area contributed by atoms with E-state index < -0.39 is 10.8 Å². The standard InChI is InChI=1S/C19H23NO3/c1-12(21)13-6-5-7-14(10-13)20-16(23)19-9-8-18(4,15(22)11-19)17(19,2)3/h5-7,10H,8-9,11H2,1-4H3,(H,20,23). The Bertz CT molecular complexity index is 721. The van der Waals surface area contributed by atoms with E-state index in [1.165, 1.54) is 6.92 Å². The van der Waals surface area contributed by atoms with Gasteiger partial charge in [0.05, 0.1) is 5.41 Å².